The Bertz CT molecular complexity index is 399. The summed E-state index contributed by atoms with van der Waals surface area (Å²) in [4.78, 5) is 11.7. The van der Waals surface area contributed by atoms with Crippen molar-refractivity contribution in [3.8, 4) is 0 Å². The minimum Gasteiger partial charge on any atom is -0.294 e. The molecule has 74 valence electrons. The van der Waals surface area contributed by atoms with Gasteiger partial charge in [0.15, 0.2) is 5.78 Å². The average molecular weight is 229 g/mol. The Morgan fingerprint density at radius 1 is 1.29 bits per heavy atom. The number of halogens is 2. The first-order valence-electron chi connectivity index (χ1n) is 4.59. The zero-order chi connectivity index (χ0) is 10.3. The van der Waals surface area contributed by atoms with Gasteiger partial charge in [-0.1, -0.05) is 36.2 Å². The molecule has 1 unspecified atom stereocenters. The molecule has 1 aliphatic rings. The highest BCUT2D eigenvalue weighted by atomic mass is 35.5. The van der Waals surface area contributed by atoms with Crippen LogP contribution in [-0.4, -0.2) is 5.78 Å². The lowest BCUT2D eigenvalue weighted by molar-refractivity contribution is 0.0953. The van der Waals surface area contributed by atoms with Crippen LogP contribution in [0.1, 0.15) is 29.3 Å². The highest BCUT2D eigenvalue weighted by Gasteiger charge is 2.25. The molecular weight excluding hydrogens is 219 g/mol. The second-order valence-electron chi connectivity index (χ2n) is 3.83. The molecular formula is C11H10Cl2O. The molecule has 0 spiro atoms. The first-order valence-corrected chi connectivity index (χ1v) is 5.35. The van der Waals surface area contributed by atoms with Crippen LogP contribution in [0.15, 0.2) is 12.1 Å². The molecule has 1 aliphatic carbocycles. The topological polar surface area (TPSA) is 17.1 Å². The normalized spacial score (nSPS) is 20.8. The van der Waals surface area contributed by atoms with Crippen molar-refractivity contribution in [3.63, 3.8) is 0 Å². The highest BCUT2D eigenvalue weighted by Crippen LogP contribution is 2.34. The number of rotatable bonds is 0. The van der Waals surface area contributed by atoms with Crippen molar-refractivity contribution in [1.82, 2.24) is 0 Å². The van der Waals surface area contributed by atoms with E-state index in [4.69, 9.17) is 23.2 Å². The summed E-state index contributed by atoms with van der Waals surface area (Å²) in [6.45, 7) is 2.07. The Morgan fingerprint density at radius 2 is 2.00 bits per heavy atom. The van der Waals surface area contributed by atoms with Gasteiger partial charge in [0.25, 0.3) is 0 Å². The number of Topliss-reactive ketones (excluding diaryl/α,β-unsaturated/α-hetero) is 1. The molecule has 0 fully saturated rings. The minimum atomic E-state index is 0.117. The summed E-state index contributed by atoms with van der Waals surface area (Å²) in [6, 6.07) is 3.66. The maximum atomic E-state index is 11.7. The fraction of sp³-hybridized carbons (Fsp3) is 0.364. The monoisotopic (exact) mass is 228 g/mol. The Balaban J connectivity index is 2.60. The summed E-state index contributed by atoms with van der Waals surface area (Å²) < 4.78 is 0. The predicted molar refractivity (Wildman–Crippen MR) is 58.3 cm³/mol. The summed E-state index contributed by atoms with van der Waals surface area (Å²) in [6.07, 6.45) is 1.49. The third kappa shape index (κ3) is 1.55. The van der Waals surface area contributed by atoms with Crippen molar-refractivity contribution in [3.05, 3.63) is 33.3 Å². The van der Waals surface area contributed by atoms with Gasteiger partial charge in [-0.05, 0) is 24.0 Å². The van der Waals surface area contributed by atoms with Crippen molar-refractivity contribution in [1.29, 1.82) is 0 Å². The van der Waals surface area contributed by atoms with Gasteiger partial charge in [-0.3, -0.25) is 4.79 Å². The summed E-state index contributed by atoms with van der Waals surface area (Å²) in [7, 11) is 0. The minimum absolute atomic E-state index is 0.117. The molecule has 0 aromatic heterocycles. The highest BCUT2D eigenvalue weighted by molar-refractivity contribution is 6.44. The zero-order valence-electron chi connectivity index (χ0n) is 7.81. The third-order valence-electron chi connectivity index (χ3n) is 2.56. The molecule has 1 nitrogen and oxygen atoms in total. The smallest absolute Gasteiger partial charge is 0.164 e. The van der Waals surface area contributed by atoms with Crippen LogP contribution in [-0.2, 0) is 6.42 Å². The maximum Gasteiger partial charge on any atom is 0.164 e. The van der Waals surface area contributed by atoms with Gasteiger partial charge in [0.1, 0.15) is 0 Å². The molecule has 0 N–H and O–H groups in total. The van der Waals surface area contributed by atoms with E-state index in [1.165, 1.54) is 0 Å². The molecule has 0 radical (unpaired) electrons. The standard InChI is InChI=1S/C11H10Cl2O/c1-6-4-7-2-3-8(12)11(13)10(7)9(14)5-6/h2-3,6H,4-5H2,1H3. The molecule has 1 atom stereocenters. The van der Waals surface area contributed by atoms with Crippen molar-refractivity contribution in [2.75, 3.05) is 0 Å². The van der Waals surface area contributed by atoms with Crippen molar-refractivity contribution >= 4 is 29.0 Å². The number of fused-ring (bicyclic) bond motifs is 1. The number of benzene rings is 1. The summed E-state index contributed by atoms with van der Waals surface area (Å²) in [5.74, 6) is 0.526. The van der Waals surface area contributed by atoms with E-state index >= 15 is 0 Å². The van der Waals surface area contributed by atoms with Gasteiger partial charge in [0.05, 0.1) is 10.0 Å². The Kier molecular flexibility index (Phi) is 2.54. The molecule has 0 saturated carbocycles. The number of carbonyl (C=O) groups excluding carboxylic acids is 1. The van der Waals surface area contributed by atoms with E-state index in [9.17, 15) is 4.79 Å². The Morgan fingerprint density at radius 3 is 2.71 bits per heavy atom. The summed E-state index contributed by atoms with van der Waals surface area (Å²) in [5.41, 5.74) is 1.67. The third-order valence-corrected chi connectivity index (χ3v) is 3.37. The Labute approximate surface area is 93.0 Å². The lowest BCUT2D eigenvalue weighted by Crippen LogP contribution is -2.18. The first-order chi connectivity index (χ1) is 6.59. The van der Waals surface area contributed by atoms with Crippen LogP contribution in [0.5, 0.6) is 0 Å². The van der Waals surface area contributed by atoms with Gasteiger partial charge in [0, 0.05) is 12.0 Å². The predicted octanol–water partition coefficient (Wildman–Crippen LogP) is 3.76. The molecule has 0 bridgehead atoms. The molecule has 2 rings (SSSR count). The van der Waals surface area contributed by atoms with Crippen LogP contribution < -0.4 is 0 Å². The molecule has 1 aromatic rings. The quantitative estimate of drug-likeness (QED) is 0.661. The number of hydrogen-bond acceptors (Lipinski definition) is 1. The van der Waals surface area contributed by atoms with Crippen LogP contribution in [0.3, 0.4) is 0 Å². The zero-order valence-corrected chi connectivity index (χ0v) is 9.32. The Hall–Kier alpha value is -0.530. The molecule has 3 heteroatoms. The molecule has 0 amide bonds. The lowest BCUT2D eigenvalue weighted by atomic mass is 9.84. The number of hydrogen-bond donors (Lipinski definition) is 0. The average Bonchev–Trinajstić information content (AvgIpc) is 2.10. The van der Waals surface area contributed by atoms with Gasteiger partial charge in [-0.2, -0.15) is 0 Å². The molecule has 0 aliphatic heterocycles. The van der Waals surface area contributed by atoms with E-state index < -0.39 is 0 Å². The van der Waals surface area contributed by atoms with E-state index in [0.29, 0.717) is 27.9 Å². The molecule has 14 heavy (non-hydrogen) atoms. The van der Waals surface area contributed by atoms with E-state index in [-0.39, 0.29) is 5.78 Å². The lowest BCUT2D eigenvalue weighted by Gasteiger charge is -2.21. The second-order valence-corrected chi connectivity index (χ2v) is 4.62. The van der Waals surface area contributed by atoms with Crippen LogP contribution in [0, 0.1) is 5.92 Å². The van der Waals surface area contributed by atoms with Crippen LogP contribution in [0.4, 0.5) is 0 Å². The number of carbonyl (C=O) groups is 1. The molecule has 1 aromatic carbocycles. The largest absolute Gasteiger partial charge is 0.294 e. The summed E-state index contributed by atoms with van der Waals surface area (Å²) in [5, 5.41) is 0.884. The molecule has 0 heterocycles. The molecule has 0 saturated heterocycles. The van der Waals surface area contributed by atoms with E-state index in [1.54, 1.807) is 6.07 Å². The van der Waals surface area contributed by atoms with Gasteiger partial charge in [-0.15, -0.1) is 0 Å². The number of ketones is 1. The fourth-order valence-electron chi connectivity index (χ4n) is 1.93. The summed E-state index contributed by atoms with van der Waals surface area (Å²) >= 11 is 11.9. The SMILES string of the molecule is CC1CC(=O)c2c(ccc(Cl)c2Cl)C1. The van der Waals surface area contributed by atoms with E-state index in [1.807, 2.05) is 6.07 Å². The first kappa shape index (κ1) is 10.0. The fourth-order valence-corrected chi connectivity index (χ4v) is 2.38. The van der Waals surface area contributed by atoms with Gasteiger partial charge >= 0.3 is 0 Å². The van der Waals surface area contributed by atoms with Gasteiger partial charge in [0.2, 0.25) is 0 Å². The van der Waals surface area contributed by atoms with Crippen molar-refractivity contribution in [2.24, 2.45) is 5.92 Å². The van der Waals surface area contributed by atoms with Crippen molar-refractivity contribution < 1.29 is 4.79 Å². The van der Waals surface area contributed by atoms with Crippen molar-refractivity contribution in [2.45, 2.75) is 19.8 Å². The van der Waals surface area contributed by atoms with E-state index in [2.05, 4.69) is 6.92 Å². The van der Waals surface area contributed by atoms with Gasteiger partial charge in [-0.25, -0.2) is 0 Å². The van der Waals surface area contributed by atoms with Crippen LogP contribution in [0.25, 0.3) is 0 Å². The van der Waals surface area contributed by atoms with Crippen LogP contribution in [0.2, 0.25) is 10.0 Å². The second kappa shape index (κ2) is 3.56. The van der Waals surface area contributed by atoms with Crippen LogP contribution >= 0.6 is 23.2 Å². The van der Waals surface area contributed by atoms with E-state index in [0.717, 1.165) is 12.0 Å². The maximum absolute atomic E-state index is 11.7. The van der Waals surface area contributed by atoms with Gasteiger partial charge < -0.3 is 0 Å².